The van der Waals surface area contributed by atoms with Gasteiger partial charge in [-0.15, -0.1) is 0 Å². The quantitative estimate of drug-likeness (QED) is 0.888. The predicted molar refractivity (Wildman–Crippen MR) is 82.1 cm³/mol. The summed E-state index contributed by atoms with van der Waals surface area (Å²) in [5.41, 5.74) is 1.56. The lowest BCUT2D eigenvalue weighted by atomic mass is 9.76. The van der Waals surface area contributed by atoms with Crippen molar-refractivity contribution in [2.45, 2.75) is 45.6 Å². The van der Waals surface area contributed by atoms with Gasteiger partial charge in [0.05, 0.1) is 6.61 Å². The summed E-state index contributed by atoms with van der Waals surface area (Å²) in [4.78, 5) is 0. The van der Waals surface area contributed by atoms with Gasteiger partial charge in [0.2, 0.25) is 0 Å². The maximum absolute atomic E-state index is 9.40. The van der Waals surface area contributed by atoms with Crippen LogP contribution in [0.15, 0.2) is 24.3 Å². The normalized spacial score (nSPS) is 23.8. The largest absolute Gasteiger partial charge is 0.508 e. The van der Waals surface area contributed by atoms with E-state index >= 15 is 0 Å². The van der Waals surface area contributed by atoms with Gasteiger partial charge in [-0.05, 0) is 57.7 Å². The monoisotopic (exact) mass is 277 g/mol. The van der Waals surface area contributed by atoms with Crippen molar-refractivity contribution in [2.75, 3.05) is 19.8 Å². The summed E-state index contributed by atoms with van der Waals surface area (Å²) >= 11 is 0. The van der Waals surface area contributed by atoms with Crippen LogP contribution in [-0.2, 0) is 11.2 Å². The Morgan fingerprint density at radius 2 is 1.95 bits per heavy atom. The minimum atomic E-state index is 0.124. The molecule has 1 aromatic carbocycles. The fraction of sp³-hybridized carbons (Fsp3) is 0.647. The number of aromatic hydroxyl groups is 1. The molecule has 2 N–H and O–H groups in total. The number of ether oxygens (including phenoxy) is 1. The number of rotatable bonds is 4. The van der Waals surface area contributed by atoms with Crippen LogP contribution < -0.4 is 5.32 Å². The van der Waals surface area contributed by atoms with E-state index in [0.29, 0.717) is 5.75 Å². The molecule has 0 aromatic heterocycles. The van der Waals surface area contributed by atoms with Crippen LogP contribution in [-0.4, -0.2) is 30.4 Å². The fourth-order valence-corrected chi connectivity index (χ4v) is 2.75. The van der Waals surface area contributed by atoms with Crippen molar-refractivity contribution in [1.29, 1.82) is 0 Å². The molecule has 1 aliphatic rings. The second-order valence-corrected chi connectivity index (χ2v) is 7.10. The number of nitrogens with one attached hydrogen (secondary N) is 1. The van der Waals surface area contributed by atoms with Gasteiger partial charge in [-0.1, -0.05) is 12.1 Å². The van der Waals surface area contributed by atoms with Crippen molar-refractivity contribution in [1.82, 2.24) is 5.32 Å². The van der Waals surface area contributed by atoms with Crippen LogP contribution in [0.25, 0.3) is 0 Å². The smallest absolute Gasteiger partial charge is 0.115 e. The SMILES string of the molecule is CC(C)(C)NCC1(Cc2ccc(O)cc2)CCCOC1. The van der Waals surface area contributed by atoms with Crippen molar-refractivity contribution in [3.63, 3.8) is 0 Å². The van der Waals surface area contributed by atoms with Crippen molar-refractivity contribution >= 4 is 0 Å². The lowest BCUT2D eigenvalue weighted by Gasteiger charge is -2.39. The molecule has 1 heterocycles. The van der Waals surface area contributed by atoms with Gasteiger partial charge in [-0.3, -0.25) is 0 Å². The molecule has 0 radical (unpaired) electrons. The summed E-state index contributed by atoms with van der Waals surface area (Å²) in [6.07, 6.45) is 3.32. The van der Waals surface area contributed by atoms with E-state index in [1.54, 1.807) is 12.1 Å². The Morgan fingerprint density at radius 3 is 2.50 bits per heavy atom. The zero-order chi connectivity index (χ0) is 14.6. The van der Waals surface area contributed by atoms with E-state index in [-0.39, 0.29) is 11.0 Å². The highest BCUT2D eigenvalue weighted by molar-refractivity contribution is 5.26. The van der Waals surface area contributed by atoms with Gasteiger partial charge in [-0.2, -0.15) is 0 Å². The van der Waals surface area contributed by atoms with Crippen molar-refractivity contribution < 1.29 is 9.84 Å². The first-order valence-corrected chi connectivity index (χ1v) is 7.49. The highest BCUT2D eigenvalue weighted by Crippen LogP contribution is 2.33. The minimum Gasteiger partial charge on any atom is -0.508 e. The van der Waals surface area contributed by atoms with Crippen LogP contribution >= 0.6 is 0 Å². The lowest BCUT2D eigenvalue weighted by Crippen LogP contribution is -2.48. The first kappa shape index (κ1) is 15.3. The maximum atomic E-state index is 9.40. The molecular formula is C17H27NO2. The summed E-state index contributed by atoms with van der Waals surface area (Å²) in [5, 5.41) is 13.0. The van der Waals surface area contributed by atoms with Crippen molar-refractivity contribution in [3.05, 3.63) is 29.8 Å². The van der Waals surface area contributed by atoms with E-state index in [2.05, 4.69) is 26.1 Å². The second-order valence-electron chi connectivity index (χ2n) is 7.10. The Bertz CT molecular complexity index is 414. The number of benzene rings is 1. The average molecular weight is 277 g/mol. The lowest BCUT2D eigenvalue weighted by molar-refractivity contribution is -0.00993. The molecule has 0 aliphatic carbocycles. The average Bonchev–Trinajstić information content (AvgIpc) is 2.40. The van der Waals surface area contributed by atoms with Gasteiger partial charge in [-0.25, -0.2) is 0 Å². The van der Waals surface area contributed by atoms with E-state index in [4.69, 9.17) is 4.74 Å². The third-order valence-corrected chi connectivity index (χ3v) is 3.91. The Labute approximate surface area is 122 Å². The van der Waals surface area contributed by atoms with Gasteiger partial charge in [0, 0.05) is 24.1 Å². The molecule has 1 fully saturated rings. The molecule has 3 heteroatoms. The van der Waals surface area contributed by atoms with Gasteiger partial charge in [0.25, 0.3) is 0 Å². The van der Waals surface area contributed by atoms with E-state index < -0.39 is 0 Å². The summed E-state index contributed by atoms with van der Waals surface area (Å²) in [6.45, 7) is 9.27. The number of hydrogen-bond acceptors (Lipinski definition) is 3. The summed E-state index contributed by atoms with van der Waals surface area (Å²) in [7, 11) is 0. The standard InChI is InChI=1S/C17H27NO2/c1-16(2,3)18-12-17(9-4-10-20-13-17)11-14-5-7-15(19)8-6-14/h5-8,18-19H,4,9-13H2,1-3H3. The molecule has 0 saturated carbocycles. The molecule has 1 atom stereocenters. The van der Waals surface area contributed by atoms with Crippen LogP contribution in [0.5, 0.6) is 5.75 Å². The second kappa shape index (κ2) is 6.15. The highest BCUT2D eigenvalue weighted by Gasteiger charge is 2.34. The Balaban J connectivity index is 2.08. The molecule has 2 rings (SSSR count). The van der Waals surface area contributed by atoms with Gasteiger partial charge >= 0.3 is 0 Å². The molecule has 20 heavy (non-hydrogen) atoms. The van der Waals surface area contributed by atoms with Crippen LogP contribution in [0.2, 0.25) is 0 Å². The molecule has 112 valence electrons. The molecule has 1 aliphatic heterocycles. The van der Waals surface area contributed by atoms with Crippen molar-refractivity contribution in [3.8, 4) is 5.75 Å². The fourth-order valence-electron chi connectivity index (χ4n) is 2.75. The van der Waals surface area contributed by atoms with Crippen LogP contribution in [0, 0.1) is 5.41 Å². The summed E-state index contributed by atoms with van der Waals surface area (Å²) < 4.78 is 5.76. The van der Waals surface area contributed by atoms with Crippen molar-refractivity contribution in [2.24, 2.45) is 5.41 Å². The summed E-state index contributed by atoms with van der Waals surface area (Å²) in [5.74, 6) is 0.329. The Kier molecular flexibility index (Phi) is 4.71. The van der Waals surface area contributed by atoms with Gasteiger partial charge < -0.3 is 15.2 Å². The number of phenolic OH excluding ortho intramolecular Hbond substituents is 1. The van der Waals surface area contributed by atoms with Crippen LogP contribution in [0.4, 0.5) is 0 Å². The third kappa shape index (κ3) is 4.50. The molecule has 1 aromatic rings. The highest BCUT2D eigenvalue weighted by atomic mass is 16.5. The van der Waals surface area contributed by atoms with Crippen LogP contribution in [0.3, 0.4) is 0 Å². The molecule has 3 nitrogen and oxygen atoms in total. The van der Waals surface area contributed by atoms with Gasteiger partial charge in [0.1, 0.15) is 5.75 Å². The molecular weight excluding hydrogens is 250 g/mol. The minimum absolute atomic E-state index is 0.124. The molecule has 1 saturated heterocycles. The van der Waals surface area contributed by atoms with Crippen LogP contribution in [0.1, 0.15) is 39.2 Å². The van der Waals surface area contributed by atoms with E-state index in [0.717, 1.165) is 32.6 Å². The van der Waals surface area contributed by atoms with E-state index in [9.17, 15) is 5.11 Å². The Hall–Kier alpha value is -1.06. The zero-order valence-corrected chi connectivity index (χ0v) is 12.9. The number of hydrogen-bond donors (Lipinski definition) is 2. The third-order valence-electron chi connectivity index (χ3n) is 3.91. The van der Waals surface area contributed by atoms with Gasteiger partial charge in [0.15, 0.2) is 0 Å². The predicted octanol–water partition coefficient (Wildman–Crippen LogP) is 3.12. The molecule has 0 spiro atoms. The zero-order valence-electron chi connectivity index (χ0n) is 12.9. The first-order valence-electron chi connectivity index (χ1n) is 7.49. The maximum Gasteiger partial charge on any atom is 0.115 e. The topological polar surface area (TPSA) is 41.5 Å². The summed E-state index contributed by atoms with van der Waals surface area (Å²) in [6, 6.07) is 7.57. The van der Waals surface area contributed by atoms with E-state index in [1.807, 2.05) is 12.1 Å². The number of phenols is 1. The molecule has 0 amide bonds. The van der Waals surface area contributed by atoms with E-state index in [1.165, 1.54) is 12.0 Å². The first-order chi connectivity index (χ1) is 9.39. The Morgan fingerprint density at radius 1 is 1.25 bits per heavy atom. The molecule has 1 unspecified atom stereocenters. The molecule has 0 bridgehead atoms.